The molecule has 0 spiro atoms. The van der Waals surface area contributed by atoms with Gasteiger partial charge in [-0.05, 0) is 5.92 Å². The second-order valence-corrected chi connectivity index (χ2v) is 6.58. The van der Waals surface area contributed by atoms with Gasteiger partial charge < -0.3 is 31.9 Å². The van der Waals surface area contributed by atoms with Gasteiger partial charge in [0.15, 0.2) is 0 Å². The highest BCUT2D eigenvalue weighted by atomic mass is 32.1. The Morgan fingerprint density at radius 1 is 0.923 bits per heavy atom. The zero-order valence-electron chi connectivity index (χ0n) is 14.5. The Morgan fingerprint density at radius 2 is 1.42 bits per heavy atom. The smallest absolute Gasteiger partial charge is 0.327 e. The van der Waals surface area contributed by atoms with Crippen LogP contribution in [-0.2, 0) is 19.2 Å². The van der Waals surface area contributed by atoms with Crippen molar-refractivity contribution < 1.29 is 29.4 Å². The number of nitrogens with one attached hydrogen (secondary N) is 3. The van der Waals surface area contributed by atoms with E-state index in [2.05, 4.69) is 41.2 Å². The van der Waals surface area contributed by atoms with E-state index < -0.39 is 54.5 Å². The first kappa shape index (κ1) is 24.5. The lowest BCUT2D eigenvalue weighted by Gasteiger charge is -2.26. The largest absolute Gasteiger partial charge is 0.480 e. The zero-order valence-corrected chi connectivity index (χ0v) is 16.3. The molecule has 0 heterocycles. The highest BCUT2D eigenvalue weighted by Gasteiger charge is 2.31. The Bertz CT molecular complexity index is 520. The second-order valence-electron chi connectivity index (χ2n) is 5.85. The maximum Gasteiger partial charge on any atom is 0.327 e. The number of carbonyl (C=O) groups excluding carboxylic acids is 3. The number of nitrogens with two attached hydrogens (primary N) is 1. The van der Waals surface area contributed by atoms with Crippen molar-refractivity contribution in [1.82, 2.24) is 16.0 Å². The van der Waals surface area contributed by atoms with Crippen molar-refractivity contribution >= 4 is 48.9 Å². The molecule has 4 unspecified atom stereocenters. The lowest BCUT2D eigenvalue weighted by molar-refractivity contribution is -0.142. The number of rotatable bonds is 11. The molecule has 0 bridgehead atoms. The van der Waals surface area contributed by atoms with E-state index in [0.29, 0.717) is 0 Å². The van der Waals surface area contributed by atoms with Crippen LogP contribution in [0.15, 0.2) is 0 Å². The maximum atomic E-state index is 12.3. The summed E-state index contributed by atoms with van der Waals surface area (Å²) < 4.78 is 0. The molecule has 150 valence electrons. The molecule has 12 heteroatoms. The van der Waals surface area contributed by atoms with Gasteiger partial charge in [-0.15, -0.1) is 0 Å². The summed E-state index contributed by atoms with van der Waals surface area (Å²) >= 11 is 7.84. The van der Waals surface area contributed by atoms with Crippen LogP contribution in [-0.4, -0.2) is 76.2 Å². The third-order valence-electron chi connectivity index (χ3n) is 3.39. The van der Waals surface area contributed by atoms with Crippen LogP contribution in [0.1, 0.15) is 13.8 Å². The zero-order chi connectivity index (χ0) is 20.4. The number of aliphatic hydroxyl groups excluding tert-OH is 1. The molecule has 0 aromatic rings. The van der Waals surface area contributed by atoms with Crippen LogP contribution in [0.25, 0.3) is 0 Å². The number of carboxylic acids is 1. The van der Waals surface area contributed by atoms with Crippen molar-refractivity contribution in [3.05, 3.63) is 0 Å². The summed E-state index contributed by atoms with van der Waals surface area (Å²) in [7, 11) is 0. The Hall–Kier alpha value is -1.50. The van der Waals surface area contributed by atoms with E-state index in [9.17, 15) is 19.2 Å². The van der Waals surface area contributed by atoms with Gasteiger partial charge in [-0.1, -0.05) is 13.8 Å². The van der Waals surface area contributed by atoms with Crippen LogP contribution in [0, 0.1) is 5.92 Å². The van der Waals surface area contributed by atoms with Crippen LogP contribution >= 0.6 is 25.3 Å². The molecule has 7 N–H and O–H groups in total. The first-order valence-corrected chi connectivity index (χ1v) is 9.07. The fraction of sp³-hybridized carbons (Fsp3) is 0.714. The third kappa shape index (κ3) is 7.81. The first-order chi connectivity index (χ1) is 12.1. The SMILES string of the molecule is CC(C)C(NC(=O)C(CS)NC(=O)C(N)CO)C(=O)NC(CS)C(=O)O. The summed E-state index contributed by atoms with van der Waals surface area (Å²) in [5, 5.41) is 24.9. The lowest BCUT2D eigenvalue weighted by Crippen LogP contribution is -2.59. The van der Waals surface area contributed by atoms with Gasteiger partial charge in [0.05, 0.1) is 6.61 Å². The fourth-order valence-electron chi connectivity index (χ4n) is 1.79. The van der Waals surface area contributed by atoms with Gasteiger partial charge >= 0.3 is 5.97 Å². The van der Waals surface area contributed by atoms with E-state index in [1.165, 1.54) is 0 Å². The van der Waals surface area contributed by atoms with E-state index in [0.717, 1.165) is 0 Å². The van der Waals surface area contributed by atoms with E-state index in [1.807, 2.05) is 0 Å². The maximum absolute atomic E-state index is 12.3. The Kier molecular flexibility index (Phi) is 11.3. The highest BCUT2D eigenvalue weighted by molar-refractivity contribution is 7.80. The number of thiol groups is 2. The van der Waals surface area contributed by atoms with Gasteiger partial charge in [-0.3, -0.25) is 14.4 Å². The van der Waals surface area contributed by atoms with Gasteiger partial charge in [0.1, 0.15) is 24.2 Å². The number of amides is 3. The lowest BCUT2D eigenvalue weighted by atomic mass is 10.0. The summed E-state index contributed by atoms with van der Waals surface area (Å²) in [6.07, 6.45) is 0. The minimum atomic E-state index is -1.25. The summed E-state index contributed by atoms with van der Waals surface area (Å²) in [6.45, 7) is 2.73. The van der Waals surface area contributed by atoms with Crippen molar-refractivity contribution in [3.63, 3.8) is 0 Å². The summed E-state index contributed by atoms with van der Waals surface area (Å²) in [5.41, 5.74) is 5.37. The predicted molar refractivity (Wildman–Crippen MR) is 101 cm³/mol. The molecular formula is C14H26N4O6S2. The average molecular weight is 411 g/mol. The van der Waals surface area contributed by atoms with E-state index in [4.69, 9.17) is 15.9 Å². The highest BCUT2D eigenvalue weighted by Crippen LogP contribution is 2.04. The standard InChI is InChI=1S/C14H26N4O6S2/c1-6(2)10(13(22)17-9(5-26)14(23)24)18-12(21)8(4-25)16-11(20)7(15)3-19/h6-10,19,25-26H,3-5,15H2,1-2H3,(H,16,20)(H,17,22)(H,18,21)(H,23,24). The molecule has 0 aliphatic heterocycles. The molecular weight excluding hydrogens is 384 g/mol. The Morgan fingerprint density at radius 3 is 1.81 bits per heavy atom. The molecule has 0 aliphatic carbocycles. The fourth-order valence-corrected chi connectivity index (χ4v) is 2.30. The quantitative estimate of drug-likeness (QED) is 0.172. The predicted octanol–water partition coefficient (Wildman–Crippen LogP) is -2.64. The number of carbonyl (C=O) groups is 4. The van der Waals surface area contributed by atoms with Crippen LogP contribution in [0.3, 0.4) is 0 Å². The second kappa shape index (κ2) is 12.0. The molecule has 0 aliphatic rings. The first-order valence-electron chi connectivity index (χ1n) is 7.81. The summed E-state index contributed by atoms with van der Waals surface area (Å²) in [4.78, 5) is 47.3. The summed E-state index contributed by atoms with van der Waals surface area (Å²) in [6, 6.07) is -4.51. The average Bonchev–Trinajstić information content (AvgIpc) is 2.59. The molecule has 3 amide bonds. The van der Waals surface area contributed by atoms with Gasteiger partial charge in [-0.2, -0.15) is 25.3 Å². The summed E-state index contributed by atoms with van der Waals surface area (Å²) in [5.74, 6) is -3.92. The van der Waals surface area contributed by atoms with Gasteiger partial charge in [0.2, 0.25) is 17.7 Å². The topological polar surface area (TPSA) is 171 Å². The Labute approximate surface area is 162 Å². The molecule has 0 aromatic heterocycles. The number of aliphatic carboxylic acids is 1. The van der Waals surface area contributed by atoms with Gasteiger partial charge in [-0.25, -0.2) is 4.79 Å². The molecule has 0 aromatic carbocycles. The monoisotopic (exact) mass is 410 g/mol. The molecule has 26 heavy (non-hydrogen) atoms. The van der Waals surface area contributed by atoms with Crippen molar-refractivity contribution in [3.8, 4) is 0 Å². The van der Waals surface area contributed by atoms with Crippen LogP contribution in [0.4, 0.5) is 0 Å². The van der Waals surface area contributed by atoms with Crippen molar-refractivity contribution in [2.75, 3.05) is 18.1 Å². The van der Waals surface area contributed by atoms with Crippen LogP contribution in [0.2, 0.25) is 0 Å². The Balaban J connectivity index is 5.06. The molecule has 0 rings (SSSR count). The molecule has 10 nitrogen and oxygen atoms in total. The molecule has 0 saturated heterocycles. The van der Waals surface area contributed by atoms with Crippen LogP contribution < -0.4 is 21.7 Å². The molecule has 4 atom stereocenters. The molecule has 0 fully saturated rings. The van der Waals surface area contributed by atoms with Gasteiger partial charge in [0.25, 0.3) is 0 Å². The number of hydrogen-bond donors (Lipinski definition) is 8. The van der Waals surface area contributed by atoms with Crippen LogP contribution in [0.5, 0.6) is 0 Å². The van der Waals surface area contributed by atoms with Crippen molar-refractivity contribution in [2.45, 2.75) is 38.0 Å². The van der Waals surface area contributed by atoms with E-state index in [-0.39, 0.29) is 17.4 Å². The number of hydrogen-bond acceptors (Lipinski definition) is 8. The van der Waals surface area contributed by atoms with Crippen molar-refractivity contribution in [1.29, 1.82) is 0 Å². The molecule has 0 saturated carbocycles. The minimum absolute atomic E-state index is 0.0729. The number of carboxylic acid groups (broad SMARTS) is 1. The van der Waals surface area contributed by atoms with E-state index in [1.54, 1.807) is 13.8 Å². The van der Waals surface area contributed by atoms with Crippen molar-refractivity contribution in [2.24, 2.45) is 11.7 Å². The molecule has 0 radical (unpaired) electrons. The minimum Gasteiger partial charge on any atom is -0.480 e. The third-order valence-corrected chi connectivity index (χ3v) is 4.12. The van der Waals surface area contributed by atoms with E-state index >= 15 is 0 Å². The van der Waals surface area contributed by atoms with Gasteiger partial charge in [0, 0.05) is 11.5 Å². The number of aliphatic hydroxyl groups is 1. The normalized spacial score (nSPS) is 15.5.